The molecule has 1 unspecified atom stereocenters. The SMILES string of the molecule is [N-]=[N+]=NCC1CC(=O)N(c2cc(Cl)ccc2[N+](=O)[O-])C1. The summed E-state index contributed by atoms with van der Waals surface area (Å²) in [5.41, 5.74) is 8.28. The van der Waals surface area contributed by atoms with Crippen molar-refractivity contribution < 1.29 is 9.72 Å². The standard InChI is InChI=1S/C11H10ClN5O3/c12-8-1-2-9(17(19)20)10(4-8)16-6-7(3-11(16)18)5-14-15-13/h1-2,4,7H,3,5-6H2. The molecule has 1 amide bonds. The van der Waals surface area contributed by atoms with Crippen molar-refractivity contribution in [2.24, 2.45) is 11.0 Å². The highest BCUT2D eigenvalue weighted by molar-refractivity contribution is 6.31. The molecule has 0 spiro atoms. The molecule has 0 aromatic heterocycles. The summed E-state index contributed by atoms with van der Waals surface area (Å²) < 4.78 is 0. The van der Waals surface area contributed by atoms with E-state index in [0.717, 1.165) is 0 Å². The van der Waals surface area contributed by atoms with E-state index >= 15 is 0 Å². The fourth-order valence-corrected chi connectivity index (χ4v) is 2.32. The van der Waals surface area contributed by atoms with Gasteiger partial charge in [-0.05, 0) is 23.6 Å². The van der Waals surface area contributed by atoms with Crippen LogP contribution in [0, 0.1) is 16.0 Å². The van der Waals surface area contributed by atoms with E-state index in [1.807, 2.05) is 0 Å². The molecule has 1 aliphatic rings. The van der Waals surface area contributed by atoms with Crippen LogP contribution in [0.15, 0.2) is 23.3 Å². The first-order chi connectivity index (χ1) is 9.52. The topological polar surface area (TPSA) is 112 Å². The number of nitrogens with zero attached hydrogens (tertiary/aromatic N) is 5. The highest BCUT2D eigenvalue weighted by Crippen LogP contribution is 2.35. The van der Waals surface area contributed by atoms with Crippen LogP contribution in [-0.4, -0.2) is 23.9 Å². The zero-order valence-corrected chi connectivity index (χ0v) is 11.0. The molecule has 1 aromatic carbocycles. The molecule has 104 valence electrons. The Morgan fingerprint density at radius 1 is 1.60 bits per heavy atom. The zero-order valence-electron chi connectivity index (χ0n) is 10.3. The average Bonchev–Trinajstić information content (AvgIpc) is 2.77. The number of amides is 1. The van der Waals surface area contributed by atoms with Gasteiger partial charge in [0.25, 0.3) is 5.69 Å². The second-order valence-electron chi connectivity index (χ2n) is 4.38. The first-order valence-electron chi connectivity index (χ1n) is 5.78. The van der Waals surface area contributed by atoms with Gasteiger partial charge in [0, 0.05) is 35.5 Å². The molecule has 0 bridgehead atoms. The van der Waals surface area contributed by atoms with E-state index in [1.165, 1.54) is 23.1 Å². The molecule has 0 saturated carbocycles. The van der Waals surface area contributed by atoms with Crippen LogP contribution >= 0.6 is 11.6 Å². The van der Waals surface area contributed by atoms with Gasteiger partial charge in [-0.25, -0.2) is 0 Å². The van der Waals surface area contributed by atoms with Crippen molar-refractivity contribution in [1.29, 1.82) is 0 Å². The summed E-state index contributed by atoms with van der Waals surface area (Å²) in [4.78, 5) is 26.4. The minimum Gasteiger partial charge on any atom is -0.306 e. The van der Waals surface area contributed by atoms with Gasteiger partial charge in [0.15, 0.2) is 0 Å². The molecule has 0 aliphatic carbocycles. The Labute approximate surface area is 118 Å². The number of anilines is 1. The predicted molar refractivity (Wildman–Crippen MR) is 72.6 cm³/mol. The smallest absolute Gasteiger partial charge is 0.293 e. The molecule has 0 N–H and O–H groups in total. The Kier molecular flexibility index (Phi) is 4.07. The van der Waals surface area contributed by atoms with E-state index in [1.54, 1.807) is 0 Å². The van der Waals surface area contributed by atoms with Gasteiger partial charge in [-0.2, -0.15) is 0 Å². The van der Waals surface area contributed by atoms with Crippen LogP contribution in [0.3, 0.4) is 0 Å². The van der Waals surface area contributed by atoms with Crippen molar-refractivity contribution in [3.8, 4) is 0 Å². The second kappa shape index (κ2) is 5.77. The van der Waals surface area contributed by atoms with Crippen molar-refractivity contribution >= 4 is 28.9 Å². The van der Waals surface area contributed by atoms with Crippen molar-refractivity contribution in [2.45, 2.75) is 6.42 Å². The van der Waals surface area contributed by atoms with Gasteiger partial charge in [-0.1, -0.05) is 16.7 Å². The number of hydrogen-bond acceptors (Lipinski definition) is 4. The number of halogens is 1. The van der Waals surface area contributed by atoms with Crippen molar-refractivity contribution in [3.05, 3.63) is 43.8 Å². The maximum absolute atomic E-state index is 12.0. The monoisotopic (exact) mass is 295 g/mol. The Bertz CT molecular complexity index is 614. The fraction of sp³-hybridized carbons (Fsp3) is 0.364. The molecule has 1 saturated heterocycles. The number of carbonyl (C=O) groups is 1. The summed E-state index contributed by atoms with van der Waals surface area (Å²) in [6.45, 7) is 0.464. The van der Waals surface area contributed by atoms with Crippen LogP contribution in [0.4, 0.5) is 11.4 Å². The van der Waals surface area contributed by atoms with Gasteiger partial charge < -0.3 is 4.90 Å². The molecule has 1 atom stereocenters. The lowest BCUT2D eigenvalue weighted by molar-refractivity contribution is -0.384. The van der Waals surface area contributed by atoms with E-state index in [9.17, 15) is 14.9 Å². The van der Waals surface area contributed by atoms with Gasteiger partial charge in [-0.3, -0.25) is 14.9 Å². The Morgan fingerprint density at radius 3 is 3.00 bits per heavy atom. The Hall–Kier alpha value is -2.31. The Balaban J connectivity index is 2.32. The lowest BCUT2D eigenvalue weighted by Crippen LogP contribution is -2.25. The number of nitro groups is 1. The van der Waals surface area contributed by atoms with E-state index < -0.39 is 4.92 Å². The third kappa shape index (κ3) is 2.81. The minimum absolute atomic E-state index is 0.142. The molecular formula is C11H10ClN5O3. The van der Waals surface area contributed by atoms with Crippen molar-refractivity contribution in [1.82, 2.24) is 0 Å². The first-order valence-corrected chi connectivity index (χ1v) is 6.16. The van der Waals surface area contributed by atoms with Gasteiger partial charge >= 0.3 is 0 Å². The number of azide groups is 1. The summed E-state index contributed by atoms with van der Waals surface area (Å²) in [5.74, 6) is -0.384. The third-order valence-corrected chi connectivity index (χ3v) is 3.27. The van der Waals surface area contributed by atoms with Crippen LogP contribution in [0.25, 0.3) is 10.4 Å². The van der Waals surface area contributed by atoms with Crippen LogP contribution < -0.4 is 4.90 Å². The number of nitro benzene ring substituents is 1. The molecule has 0 radical (unpaired) electrons. The maximum Gasteiger partial charge on any atom is 0.293 e. The Morgan fingerprint density at radius 2 is 2.35 bits per heavy atom. The molecule has 8 nitrogen and oxygen atoms in total. The summed E-state index contributed by atoms with van der Waals surface area (Å²) in [6, 6.07) is 4.07. The van der Waals surface area contributed by atoms with Crippen LogP contribution in [-0.2, 0) is 4.79 Å². The quantitative estimate of drug-likeness (QED) is 0.280. The van der Waals surface area contributed by atoms with Crippen LogP contribution in [0.5, 0.6) is 0 Å². The second-order valence-corrected chi connectivity index (χ2v) is 4.81. The zero-order chi connectivity index (χ0) is 14.7. The third-order valence-electron chi connectivity index (χ3n) is 3.03. The highest BCUT2D eigenvalue weighted by Gasteiger charge is 2.33. The molecule has 20 heavy (non-hydrogen) atoms. The van der Waals surface area contributed by atoms with Crippen LogP contribution in [0.1, 0.15) is 6.42 Å². The number of hydrogen-bond donors (Lipinski definition) is 0. The van der Waals surface area contributed by atoms with Gasteiger partial charge in [0.1, 0.15) is 5.69 Å². The van der Waals surface area contributed by atoms with Gasteiger partial charge in [0.2, 0.25) is 5.91 Å². The molecule has 1 heterocycles. The minimum atomic E-state index is -0.556. The van der Waals surface area contributed by atoms with E-state index in [4.69, 9.17) is 17.1 Å². The molecular weight excluding hydrogens is 286 g/mol. The average molecular weight is 296 g/mol. The molecule has 1 fully saturated rings. The summed E-state index contributed by atoms with van der Waals surface area (Å²) in [7, 11) is 0. The van der Waals surface area contributed by atoms with Crippen LogP contribution in [0.2, 0.25) is 5.02 Å². The fourth-order valence-electron chi connectivity index (χ4n) is 2.16. The number of carbonyl (C=O) groups excluding carboxylic acids is 1. The van der Waals surface area contributed by atoms with E-state index in [2.05, 4.69) is 10.0 Å². The van der Waals surface area contributed by atoms with E-state index in [0.29, 0.717) is 5.02 Å². The molecule has 1 aromatic rings. The summed E-state index contributed by atoms with van der Waals surface area (Å²) in [6.07, 6.45) is 0.197. The van der Waals surface area contributed by atoms with Crippen molar-refractivity contribution in [2.75, 3.05) is 18.0 Å². The van der Waals surface area contributed by atoms with Crippen molar-refractivity contribution in [3.63, 3.8) is 0 Å². The largest absolute Gasteiger partial charge is 0.306 e. The van der Waals surface area contributed by atoms with Gasteiger partial charge in [0.05, 0.1) is 4.92 Å². The highest BCUT2D eigenvalue weighted by atomic mass is 35.5. The van der Waals surface area contributed by atoms with Gasteiger partial charge in [-0.15, -0.1) is 0 Å². The number of benzene rings is 1. The molecule has 2 rings (SSSR count). The molecule has 1 aliphatic heterocycles. The molecule has 9 heteroatoms. The number of rotatable bonds is 4. The predicted octanol–water partition coefficient (Wildman–Crippen LogP) is 2.91. The first kappa shape index (κ1) is 14.1. The summed E-state index contributed by atoms with van der Waals surface area (Å²) in [5, 5.41) is 14.8. The van der Waals surface area contributed by atoms with E-state index in [-0.39, 0.29) is 42.7 Å². The lowest BCUT2D eigenvalue weighted by Gasteiger charge is -2.16. The lowest BCUT2D eigenvalue weighted by atomic mass is 10.1. The summed E-state index contributed by atoms with van der Waals surface area (Å²) >= 11 is 5.84. The maximum atomic E-state index is 12.0. The normalized spacial score (nSPS) is 17.9.